The van der Waals surface area contributed by atoms with Gasteiger partial charge in [0.15, 0.2) is 0 Å². The molecule has 1 heterocycles. The Hall–Kier alpha value is -2.30. The number of anilines is 2. The van der Waals surface area contributed by atoms with Gasteiger partial charge in [0.2, 0.25) is 5.91 Å². The summed E-state index contributed by atoms with van der Waals surface area (Å²) >= 11 is 0. The molecule has 88 valence electrons. The molecule has 0 aliphatic carbocycles. The van der Waals surface area contributed by atoms with Crippen molar-refractivity contribution < 1.29 is 4.79 Å². The van der Waals surface area contributed by atoms with Crippen molar-refractivity contribution in [3.8, 4) is 0 Å². The quantitative estimate of drug-likeness (QED) is 0.734. The minimum Gasteiger partial charge on any atom is -0.396 e. The average molecular weight is 230 g/mol. The molecule has 0 aliphatic rings. The van der Waals surface area contributed by atoms with E-state index in [0.29, 0.717) is 5.69 Å². The van der Waals surface area contributed by atoms with Gasteiger partial charge in [0, 0.05) is 12.4 Å². The Balaban J connectivity index is 2.37. The summed E-state index contributed by atoms with van der Waals surface area (Å²) < 4.78 is 0. The van der Waals surface area contributed by atoms with Crippen molar-refractivity contribution in [1.29, 1.82) is 0 Å². The van der Waals surface area contributed by atoms with Crippen LogP contribution in [-0.2, 0) is 4.79 Å². The van der Waals surface area contributed by atoms with Crippen LogP contribution >= 0.6 is 0 Å². The first-order valence-corrected chi connectivity index (χ1v) is 5.30. The zero-order valence-corrected chi connectivity index (χ0v) is 9.53. The summed E-state index contributed by atoms with van der Waals surface area (Å²) in [5, 5.41) is 6.49. The highest BCUT2D eigenvalue weighted by Gasteiger charge is 2.07. The van der Waals surface area contributed by atoms with E-state index in [0.717, 1.165) is 16.6 Å². The van der Waals surface area contributed by atoms with Gasteiger partial charge in [-0.3, -0.25) is 9.78 Å². The number of benzene rings is 1. The maximum absolute atomic E-state index is 11.2. The Kier molecular flexibility index (Phi) is 3.09. The molecule has 5 heteroatoms. The summed E-state index contributed by atoms with van der Waals surface area (Å²) in [4.78, 5) is 15.4. The number of pyridine rings is 1. The molecule has 0 unspecified atom stereocenters. The molecule has 5 nitrogen and oxygen atoms in total. The summed E-state index contributed by atoms with van der Waals surface area (Å²) in [6.45, 7) is 0.189. The lowest BCUT2D eigenvalue weighted by atomic mass is 10.1. The fourth-order valence-corrected chi connectivity index (χ4v) is 1.61. The summed E-state index contributed by atoms with van der Waals surface area (Å²) in [5.41, 5.74) is 7.99. The Morgan fingerprint density at radius 2 is 2.18 bits per heavy atom. The number of fused-ring (bicyclic) bond motifs is 1. The number of nitrogens with zero attached hydrogens (tertiary/aromatic N) is 1. The van der Waals surface area contributed by atoms with Gasteiger partial charge in [0.25, 0.3) is 0 Å². The zero-order chi connectivity index (χ0) is 12.3. The molecule has 0 saturated carbocycles. The predicted octanol–water partition coefficient (Wildman–Crippen LogP) is 0.975. The first kappa shape index (κ1) is 11.2. The number of aromatic nitrogens is 1. The minimum atomic E-state index is -0.0923. The molecule has 1 aromatic heterocycles. The highest BCUT2D eigenvalue weighted by molar-refractivity contribution is 5.98. The number of carbonyl (C=O) groups is 1. The second-order valence-electron chi connectivity index (χ2n) is 3.63. The molecule has 0 fully saturated rings. The molecule has 0 atom stereocenters. The normalized spacial score (nSPS) is 10.2. The predicted molar refractivity (Wildman–Crippen MR) is 68.7 cm³/mol. The number of likely N-dealkylation sites (N-methyl/N-ethyl adjacent to an activating group) is 1. The maximum atomic E-state index is 11.2. The van der Waals surface area contributed by atoms with E-state index in [2.05, 4.69) is 15.6 Å². The Labute approximate surface area is 99.0 Å². The molecule has 0 bridgehead atoms. The molecule has 0 aliphatic heterocycles. The van der Waals surface area contributed by atoms with Gasteiger partial charge in [-0.05, 0) is 6.07 Å². The lowest BCUT2D eigenvalue weighted by molar-refractivity contribution is -0.118. The molecular weight excluding hydrogens is 216 g/mol. The van der Waals surface area contributed by atoms with Crippen LogP contribution < -0.4 is 16.4 Å². The number of hydrogen-bond donors (Lipinski definition) is 3. The third-order valence-electron chi connectivity index (χ3n) is 2.51. The second kappa shape index (κ2) is 4.69. The van der Waals surface area contributed by atoms with E-state index < -0.39 is 0 Å². The standard InChI is InChI=1S/C12H14N4O/c1-14-11(17)7-16-12-8-4-2-3-5-10(8)15-6-9(12)13/h2-6H,7,13H2,1H3,(H,14,17)(H,15,16). The van der Waals surface area contributed by atoms with Gasteiger partial charge in [-0.15, -0.1) is 0 Å². The van der Waals surface area contributed by atoms with Crippen molar-refractivity contribution in [2.45, 2.75) is 0 Å². The number of hydrogen-bond acceptors (Lipinski definition) is 4. The number of rotatable bonds is 3. The molecule has 1 amide bonds. The molecule has 0 radical (unpaired) electrons. The van der Waals surface area contributed by atoms with Crippen molar-refractivity contribution >= 4 is 28.2 Å². The van der Waals surface area contributed by atoms with E-state index in [1.165, 1.54) is 0 Å². The zero-order valence-electron chi connectivity index (χ0n) is 9.53. The van der Waals surface area contributed by atoms with Crippen LogP contribution in [0, 0.1) is 0 Å². The molecular formula is C12H14N4O. The fraction of sp³-hybridized carbons (Fsp3) is 0.167. The molecule has 2 rings (SSSR count). The van der Waals surface area contributed by atoms with E-state index in [4.69, 9.17) is 5.73 Å². The van der Waals surface area contributed by atoms with E-state index in [1.807, 2.05) is 24.3 Å². The van der Waals surface area contributed by atoms with Crippen LogP contribution in [0.3, 0.4) is 0 Å². The van der Waals surface area contributed by atoms with Crippen LogP contribution in [0.5, 0.6) is 0 Å². The number of para-hydroxylation sites is 1. The van der Waals surface area contributed by atoms with Gasteiger partial charge in [-0.2, -0.15) is 0 Å². The lowest BCUT2D eigenvalue weighted by Crippen LogP contribution is -2.26. The van der Waals surface area contributed by atoms with E-state index in [1.54, 1.807) is 13.2 Å². The monoisotopic (exact) mass is 230 g/mol. The molecule has 1 aromatic carbocycles. The highest BCUT2D eigenvalue weighted by atomic mass is 16.1. The Morgan fingerprint density at radius 1 is 1.41 bits per heavy atom. The number of nitrogens with two attached hydrogens (primary N) is 1. The van der Waals surface area contributed by atoms with Crippen molar-refractivity contribution in [2.75, 3.05) is 24.6 Å². The first-order valence-electron chi connectivity index (χ1n) is 5.30. The number of nitrogens with one attached hydrogen (secondary N) is 2. The smallest absolute Gasteiger partial charge is 0.239 e. The van der Waals surface area contributed by atoms with Crippen LogP contribution in [0.4, 0.5) is 11.4 Å². The molecule has 4 N–H and O–H groups in total. The number of carbonyl (C=O) groups excluding carboxylic acids is 1. The van der Waals surface area contributed by atoms with Gasteiger partial charge in [-0.25, -0.2) is 0 Å². The van der Waals surface area contributed by atoms with Crippen LogP contribution in [0.25, 0.3) is 10.9 Å². The van der Waals surface area contributed by atoms with Crippen molar-refractivity contribution in [3.63, 3.8) is 0 Å². The summed E-state index contributed by atoms with van der Waals surface area (Å²) in [5.74, 6) is -0.0923. The largest absolute Gasteiger partial charge is 0.396 e. The van der Waals surface area contributed by atoms with Crippen LogP contribution in [0.2, 0.25) is 0 Å². The third kappa shape index (κ3) is 2.28. The minimum absolute atomic E-state index is 0.0923. The summed E-state index contributed by atoms with van der Waals surface area (Å²) in [6.07, 6.45) is 1.59. The van der Waals surface area contributed by atoms with Crippen LogP contribution in [-0.4, -0.2) is 24.5 Å². The molecule has 2 aromatic rings. The molecule has 0 spiro atoms. The Morgan fingerprint density at radius 3 is 2.94 bits per heavy atom. The molecule has 0 saturated heterocycles. The SMILES string of the molecule is CNC(=O)CNc1c(N)cnc2ccccc12. The third-order valence-corrected chi connectivity index (χ3v) is 2.51. The van der Waals surface area contributed by atoms with Gasteiger partial charge < -0.3 is 16.4 Å². The maximum Gasteiger partial charge on any atom is 0.239 e. The van der Waals surface area contributed by atoms with Gasteiger partial charge in [0.1, 0.15) is 0 Å². The second-order valence-corrected chi connectivity index (χ2v) is 3.63. The summed E-state index contributed by atoms with van der Waals surface area (Å²) in [7, 11) is 1.60. The highest BCUT2D eigenvalue weighted by Crippen LogP contribution is 2.27. The average Bonchev–Trinajstić information content (AvgIpc) is 2.37. The van der Waals surface area contributed by atoms with Gasteiger partial charge in [-0.1, -0.05) is 18.2 Å². The van der Waals surface area contributed by atoms with Crippen molar-refractivity contribution in [3.05, 3.63) is 30.5 Å². The van der Waals surface area contributed by atoms with Gasteiger partial charge >= 0.3 is 0 Å². The van der Waals surface area contributed by atoms with Crippen LogP contribution in [0.1, 0.15) is 0 Å². The van der Waals surface area contributed by atoms with E-state index in [-0.39, 0.29) is 12.5 Å². The number of nitrogen functional groups attached to an aromatic ring is 1. The fourth-order valence-electron chi connectivity index (χ4n) is 1.61. The topological polar surface area (TPSA) is 80.0 Å². The summed E-state index contributed by atoms with van der Waals surface area (Å²) in [6, 6.07) is 7.65. The first-order chi connectivity index (χ1) is 8.22. The van der Waals surface area contributed by atoms with Crippen molar-refractivity contribution in [1.82, 2.24) is 10.3 Å². The van der Waals surface area contributed by atoms with E-state index in [9.17, 15) is 4.79 Å². The lowest BCUT2D eigenvalue weighted by Gasteiger charge is -2.11. The number of amides is 1. The van der Waals surface area contributed by atoms with Gasteiger partial charge in [0.05, 0.1) is 29.6 Å². The van der Waals surface area contributed by atoms with E-state index >= 15 is 0 Å². The van der Waals surface area contributed by atoms with Crippen molar-refractivity contribution in [2.24, 2.45) is 0 Å². The molecule has 17 heavy (non-hydrogen) atoms. The van der Waals surface area contributed by atoms with Crippen LogP contribution in [0.15, 0.2) is 30.5 Å². The Bertz CT molecular complexity index is 553.